The maximum Gasteiger partial charge on any atom is 0.321 e. The normalized spacial score (nSPS) is 15.0. The van der Waals surface area contributed by atoms with Crippen molar-refractivity contribution >= 4 is 29.0 Å². The number of piperazine rings is 1. The SMILES string of the molecule is CN(C)c1ccc(NC(=O)N2CCN(Cc3ccccc3Cl)CC2)cc1. The number of nitrogens with one attached hydrogen (secondary N) is 1. The summed E-state index contributed by atoms with van der Waals surface area (Å²) in [4.78, 5) is 18.7. The van der Waals surface area contributed by atoms with Gasteiger partial charge in [-0.05, 0) is 35.9 Å². The second-order valence-corrected chi connectivity index (χ2v) is 7.13. The van der Waals surface area contributed by atoms with Gasteiger partial charge in [-0.2, -0.15) is 0 Å². The maximum absolute atomic E-state index is 12.5. The Morgan fingerprint density at radius 2 is 1.69 bits per heavy atom. The van der Waals surface area contributed by atoms with E-state index in [0.717, 1.165) is 41.6 Å². The molecule has 2 aromatic carbocycles. The molecule has 6 heteroatoms. The van der Waals surface area contributed by atoms with Gasteiger partial charge < -0.3 is 15.1 Å². The lowest BCUT2D eigenvalue weighted by Gasteiger charge is -2.34. The van der Waals surface area contributed by atoms with Crippen molar-refractivity contribution in [2.75, 3.05) is 50.5 Å². The molecule has 1 aliphatic heterocycles. The highest BCUT2D eigenvalue weighted by Crippen LogP contribution is 2.19. The highest BCUT2D eigenvalue weighted by Gasteiger charge is 2.21. The monoisotopic (exact) mass is 372 g/mol. The predicted molar refractivity (Wildman–Crippen MR) is 108 cm³/mol. The average Bonchev–Trinajstić information content (AvgIpc) is 2.64. The zero-order valence-electron chi connectivity index (χ0n) is 15.3. The third-order valence-corrected chi connectivity index (χ3v) is 5.01. The van der Waals surface area contributed by atoms with Gasteiger partial charge in [-0.1, -0.05) is 29.8 Å². The molecular formula is C20H25ClN4O. The molecule has 0 unspecified atom stereocenters. The highest BCUT2D eigenvalue weighted by molar-refractivity contribution is 6.31. The zero-order valence-corrected chi connectivity index (χ0v) is 16.0. The summed E-state index contributed by atoms with van der Waals surface area (Å²) in [5.74, 6) is 0. The van der Waals surface area contributed by atoms with Crippen LogP contribution in [0.15, 0.2) is 48.5 Å². The molecule has 1 saturated heterocycles. The number of rotatable bonds is 4. The first kappa shape index (κ1) is 18.5. The number of amides is 2. The molecule has 0 aromatic heterocycles. The van der Waals surface area contributed by atoms with Crippen molar-refractivity contribution in [1.29, 1.82) is 0 Å². The van der Waals surface area contributed by atoms with Crippen LogP contribution in [0.1, 0.15) is 5.56 Å². The molecular weight excluding hydrogens is 348 g/mol. The molecule has 1 N–H and O–H groups in total. The van der Waals surface area contributed by atoms with Crippen LogP contribution in [0.5, 0.6) is 0 Å². The molecule has 2 aromatic rings. The van der Waals surface area contributed by atoms with Gasteiger partial charge in [-0.25, -0.2) is 4.79 Å². The Hall–Kier alpha value is -2.24. The van der Waals surface area contributed by atoms with E-state index in [2.05, 4.69) is 16.3 Å². The number of nitrogens with zero attached hydrogens (tertiary/aromatic N) is 3. The Balaban J connectivity index is 1.49. The summed E-state index contributed by atoms with van der Waals surface area (Å²) in [6.07, 6.45) is 0. The van der Waals surface area contributed by atoms with E-state index in [4.69, 9.17) is 11.6 Å². The van der Waals surface area contributed by atoms with Crippen LogP contribution in [0, 0.1) is 0 Å². The van der Waals surface area contributed by atoms with E-state index < -0.39 is 0 Å². The Bertz CT molecular complexity index is 740. The molecule has 0 radical (unpaired) electrons. The van der Waals surface area contributed by atoms with Crippen LogP contribution < -0.4 is 10.2 Å². The van der Waals surface area contributed by atoms with Crippen LogP contribution in [-0.4, -0.2) is 56.1 Å². The summed E-state index contributed by atoms with van der Waals surface area (Å²) in [7, 11) is 3.99. The molecule has 1 heterocycles. The molecule has 0 spiro atoms. The van der Waals surface area contributed by atoms with Crippen molar-refractivity contribution in [2.45, 2.75) is 6.54 Å². The van der Waals surface area contributed by atoms with E-state index in [0.29, 0.717) is 13.1 Å². The molecule has 1 aliphatic rings. The van der Waals surface area contributed by atoms with Crippen LogP contribution in [0.25, 0.3) is 0 Å². The lowest BCUT2D eigenvalue weighted by molar-refractivity contribution is 0.143. The number of carbonyl (C=O) groups is 1. The van der Waals surface area contributed by atoms with Crippen LogP contribution in [0.2, 0.25) is 5.02 Å². The minimum Gasteiger partial charge on any atom is -0.378 e. The molecule has 0 atom stereocenters. The van der Waals surface area contributed by atoms with Gasteiger partial charge in [-0.3, -0.25) is 4.90 Å². The van der Waals surface area contributed by atoms with E-state index >= 15 is 0 Å². The zero-order chi connectivity index (χ0) is 18.5. The largest absolute Gasteiger partial charge is 0.378 e. The molecule has 138 valence electrons. The van der Waals surface area contributed by atoms with Gasteiger partial charge in [0.25, 0.3) is 0 Å². The number of anilines is 2. The highest BCUT2D eigenvalue weighted by atomic mass is 35.5. The minimum absolute atomic E-state index is 0.0417. The molecule has 2 amide bonds. The topological polar surface area (TPSA) is 38.8 Å². The smallest absolute Gasteiger partial charge is 0.321 e. The third-order valence-electron chi connectivity index (χ3n) is 4.65. The van der Waals surface area contributed by atoms with Crippen molar-refractivity contribution in [1.82, 2.24) is 9.80 Å². The number of benzene rings is 2. The van der Waals surface area contributed by atoms with Gasteiger partial charge in [0, 0.05) is 63.2 Å². The van der Waals surface area contributed by atoms with Crippen molar-refractivity contribution in [2.24, 2.45) is 0 Å². The fourth-order valence-corrected chi connectivity index (χ4v) is 3.22. The van der Waals surface area contributed by atoms with Gasteiger partial charge in [-0.15, -0.1) is 0 Å². The quantitative estimate of drug-likeness (QED) is 0.888. The summed E-state index contributed by atoms with van der Waals surface area (Å²) in [5, 5.41) is 3.78. The maximum atomic E-state index is 12.5. The van der Waals surface area contributed by atoms with E-state index in [1.807, 2.05) is 66.4 Å². The second kappa shape index (κ2) is 8.43. The first-order chi connectivity index (χ1) is 12.5. The Morgan fingerprint density at radius 3 is 2.31 bits per heavy atom. The molecule has 0 aliphatic carbocycles. The van der Waals surface area contributed by atoms with Crippen molar-refractivity contribution in [3.8, 4) is 0 Å². The van der Waals surface area contributed by atoms with E-state index in [9.17, 15) is 4.79 Å². The second-order valence-electron chi connectivity index (χ2n) is 6.73. The van der Waals surface area contributed by atoms with Gasteiger partial charge >= 0.3 is 6.03 Å². The van der Waals surface area contributed by atoms with Crippen LogP contribution in [0.4, 0.5) is 16.2 Å². The molecule has 26 heavy (non-hydrogen) atoms. The van der Waals surface area contributed by atoms with Crippen LogP contribution in [0.3, 0.4) is 0 Å². The Morgan fingerprint density at radius 1 is 1.04 bits per heavy atom. The van der Waals surface area contributed by atoms with Crippen molar-refractivity contribution < 1.29 is 4.79 Å². The third kappa shape index (κ3) is 4.68. The number of hydrogen-bond acceptors (Lipinski definition) is 3. The minimum atomic E-state index is -0.0417. The lowest BCUT2D eigenvalue weighted by atomic mass is 10.2. The standard InChI is InChI=1S/C20H25ClN4O/c1-23(2)18-9-7-17(8-10-18)22-20(26)25-13-11-24(12-14-25)15-16-5-3-4-6-19(16)21/h3-10H,11-15H2,1-2H3,(H,22,26). The van der Waals surface area contributed by atoms with Gasteiger partial charge in [0.2, 0.25) is 0 Å². The molecule has 0 saturated carbocycles. The van der Waals surface area contributed by atoms with Crippen molar-refractivity contribution in [3.05, 3.63) is 59.1 Å². The number of urea groups is 1. The van der Waals surface area contributed by atoms with E-state index in [-0.39, 0.29) is 6.03 Å². The average molecular weight is 373 g/mol. The fraction of sp³-hybridized carbons (Fsp3) is 0.350. The Labute approximate surface area is 160 Å². The predicted octanol–water partition coefficient (Wildman–Crippen LogP) is 3.76. The van der Waals surface area contributed by atoms with Crippen LogP contribution >= 0.6 is 11.6 Å². The van der Waals surface area contributed by atoms with E-state index in [1.165, 1.54) is 0 Å². The van der Waals surface area contributed by atoms with Gasteiger partial charge in [0.1, 0.15) is 0 Å². The summed E-state index contributed by atoms with van der Waals surface area (Å²) in [6.45, 7) is 3.94. The van der Waals surface area contributed by atoms with Crippen LogP contribution in [-0.2, 0) is 6.54 Å². The first-order valence-electron chi connectivity index (χ1n) is 8.82. The molecule has 5 nitrogen and oxygen atoms in total. The number of halogens is 1. The van der Waals surface area contributed by atoms with Crippen molar-refractivity contribution in [3.63, 3.8) is 0 Å². The first-order valence-corrected chi connectivity index (χ1v) is 9.20. The molecule has 1 fully saturated rings. The summed E-state index contributed by atoms with van der Waals surface area (Å²) >= 11 is 6.24. The molecule has 0 bridgehead atoms. The summed E-state index contributed by atoms with van der Waals surface area (Å²) < 4.78 is 0. The Kier molecular flexibility index (Phi) is 6.01. The van der Waals surface area contributed by atoms with Gasteiger partial charge in [0.05, 0.1) is 0 Å². The lowest BCUT2D eigenvalue weighted by Crippen LogP contribution is -2.49. The number of hydrogen-bond donors (Lipinski definition) is 1. The van der Waals surface area contributed by atoms with Gasteiger partial charge in [0.15, 0.2) is 0 Å². The number of carbonyl (C=O) groups excluding carboxylic acids is 1. The summed E-state index contributed by atoms with van der Waals surface area (Å²) in [5.41, 5.74) is 3.06. The summed E-state index contributed by atoms with van der Waals surface area (Å²) in [6, 6.07) is 15.7. The fourth-order valence-electron chi connectivity index (χ4n) is 3.02. The van der Waals surface area contributed by atoms with E-state index in [1.54, 1.807) is 0 Å². The molecule has 3 rings (SSSR count).